The quantitative estimate of drug-likeness (QED) is 0.871. The first-order chi connectivity index (χ1) is 9.03. The molecule has 0 heterocycles. The van der Waals surface area contributed by atoms with Crippen LogP contribution in [0, 0.1) is 0 Å². The summed E-state index contributed by atoms with van der Waals surface area (Å²) in [4.78, 5) is 15.7. The van der Waals surface area contributed by atoms with Crippen LogP contribution in [0.15, 0.2) is 22.7 Å². The lowest BCUT2D eigenvalue weighted by molar-refractivity contribution is -0.129. The van der Waals surface area contributed by atoms with E-state index in [-0.39, 0.29) is 12.5 Å². The van der Waals surface area contributed by atoms with Crippen molar-refractivity contribution in [1.82, 2.24) is 4.90 Å². The fourth-order valence-electron chi connectivity index (χ4n) is 2.02. The summed E-state index contributed by atoms with van der Waals surface area (Å²) < 4.78 is 0.920. The molecular formula is C14H21BrN2O2. The lowest BCUT2D eigenvalue weighted by Crippen LogP contribution is -2.39. The van der Waals surface area contributed by atoms with Gasteiger partial charge in [0, 0.05) is 35.9 Å². The van der Waals surface area contributed by atoms with Crippen molar-refractivity contribution >= 4 is 27.5 Å². The summed E-state index contributed by atoms with van der Waals surface area (Å²) in [6.45, 7) is 5.65. The Morgan fingerprint density at radius 2 is 1.95 bits per heavy atom. The molecule has 19 heavy (non-hydrogen) atoms. The maximum Gasteiger partial charge on any atom is 0.242 e. The van der Waals surface area contributed by atoms with Crippen molar-refractivity contribution in [3.05, 3.63) is 28.2 Å². The van der Waals surface area contributed by atoms with Crippen LogP contribution in [-0.2, 0) is 11.4 Å². The number of amides is 1. The number of hydrogen-bond donors (Lipinski definition) is 1. The highest BCUT2D eigenvalue weighted by Crippen LogP contribution is 2.23. The molecule has 0 atom stereocenters. The molecule has 1 aromatic rings. The fraction of sp³-hybridized carbons (Fsp3) is 0.500. The zero-order chi connectivity index (χ0) is 14.4. The Bertz CT molecular complexity index is 433. The van der Waals surface area contributed by atoms with Gasteiger partial charge in [0.2, 0.25) is 5.91 Å². The molecule has 0 saturated heterocycles. The van der Waals surface area contributed by atoms with E-state index in [1.54, 1.807) is 4.90 Å². The first kappa shape index (κ1) is 16.0. The summed E-state index contributed by atoms with van der Waals surface area (Å²) in [5.41, 5.74) is 1.69. The van der Waals surface area contributed by atoms with Gasteiger partial charge in [0.15, 0.2) is 0 Å². The molecular weight excluding hydrogens is 308 g/mol. The molecule has 0 aliphatic heterocycles. The SMILES string of the molecule is CCN(CC)C(=O)CN(C)c1ccc(Br)cc1CO. The van der Waals surface area contributed by atoms with Crippen LogP contribution in [-0.4, -0.2) is 42.6 Å². The van der Waals surface area contributed by atoms with E-state index in [0.29, 0.717) is 6.54 Å². The van der Waals surface area contributed by atoms with Gasteiger partial charge in [0.05, 0.1) is 13.2 Å². The molecule has 0 aliphatic rings. The van der Waals surface area contributed by atoms with Gasteiger partial charge >= 0.3 is 0 Å². The molecule has 0 radical (unpaired) electrons. The molecule has 0 spiro atoms. The molecule has 0 bridgehead atoms. The minimum atomic E-state index is -0.0431. The van der Waals surface area contributed by atoms with E-state index >= 15 is 0 Å². The highest BCUT2D eigenvalue weighted by molar-refractivity contribution is 9.10. The lowest BCUT2D eigenvalue weighted by atomic mass is 10.1. The van der Waals surface area contributed by atoms with Gasteiger partial charge in [-0.25, -0.2) is 0 Å². The van der Waals surface area contributed by atoms with E-state index < -0.39 is 0 Å². The zero-order valence-electron chi connectivity index (χ0n) is 11.7. The maximum absolute atomic E-state index is 12.1. The van der Waals surface area contributed by atoms with Crippen LogP contribution in [0.5, 0.6) is 0 Å². The zero-order valence-corrected chi connectivity index (χ0v) is 13.3. The average molecular weight is 329 g/mol. The van der Waals surface area contributed by atoms with Crippen LogP contribution >= 0.6 is 15.9 Å². The summed E-state index contributed by atoms with van der Waals surface area (Å²) in [6, 6.07) is 5.69. The van der Waals surface area contributed by atoms with E-state index in [0.717, 1.165) is 28.8 Å². The minimum Gasteiger partial charge on any atom is -0.392 e. The number of benzene rings is 1. The highest BCUT2D eigenvalue weighted by atomic mass is 79.9. The van der Waals surface area contributed by atoms with E-state index in [1.807, 2.05) is 44.0 Å². The second kappa shape index (κ2) is 7.50. The van der Waals surface area contributed by atoms with Gasteiger partial charge in [-0.05, 0) is 32.0 Å². The Labute approximate surface area is 123 Å². The van der Waals surface area contributed by atoms with Crippen LogP contribution in [0.4, 0.5) is 5.69 Å². The first-order valence-corrected chi connectivity index (χ1v) is 7.20. The molecule has 1 rings (SSSR count). The largest absolute Gasteiger partial charge is 0.392 e. The Kier molecular flexibility index (Phi) is 6.31. The number of nitrogens with zero attached hydrogens (tertiary/aromatic N) is 2. The second-order valence-electron chi connectivity index (χ2n) is 4.35. The van der Waals surface area contributed by atoms with Crippen molar-refractivity contribution in [3.8, 4) is 0 Å². The number of likely N-dealkylation sites (N-methyl/N-ethyl adjacent to an activating group) is 2. The Hall–Kier alpha value is -1.07. The van der Waals surface area contributed by atoms with Crippen molar-refractivity contribution in [1.29, 1.82) is 0 Å². The van der Waals surface area contributed by atoms with Gasteiger partial charge in [-0.3, -0.25) is 4.79 Å². The van der Waals surface area contributed by atoms with E-state index in [9.17, 15) is 9.90 Å². The van der Waals surface area contributed by atoms with Crippen molar-refractivity contribution < 1.29 is 9.90 Å². The molecule has 1 amide bonds. The number of hydrogen-bond acceptors (Lipinski definition) is 3. The molecule has 4 nitrogen and oxygen atoms in total. The normalized spacial score (nSPS) is 10.4. The predicted octanol–water partition coefficient (Wildman–Crippen LogP) is 2.25. The Morgan fingerprint density at radius 1 is 1.32 bits per heavy atom. The molecule has 0 saturated carbocycles. The third kappa shape index (κ3) is 4.21. The lowest BCUT2D eigenvalue weighted by Gasteiger charge is -2.25. The number of rotatable bonds is 6. The molecule has 106 valence electrons. The highest BCUT2D eigenvalue weighted by Gasteiger charge is 2.14. The van der Waals surface area contributed by atoms with Crippen LogP contribution < -0.4 is 4.90 Å². The third-order valence-corrected chi connectivity index (χ3v) is 3.60. The summed E-state index contributed by atoms with van der Waals surface area (Å²) in [6.07, 6.45) is 0. The Morgan fingerprint density at radius 3 is 2.47 bits per heavy atom. The second-order valence-corrected chi connectivity index (χ2v) is 5.27. The summed E-state index contributed by atoms with van der Waals surface area (Å²) in [5, 5.41) is 9.38. The number of aliphatic hydroxyl groups excluding tert-OH is 1. The van der Waals surface area contributed by atoms with Crippen LogP contribution in [0.25, 0.3) is 0 Å². The minimum absolute atomic E-state index is 0.0431. The molecule has 1 N–H and O–H groups in total. The number of carbonyl (C=O) groups excluding carboxylic acids is 1. The van der Waals surface area contributed by atoms with Crippen molar-refractivity contribution in [2.45, 2.75) is 20.5 Å². The fourth-order valence-corrected chi connectivity index (χ4v) is 2.43. The van der Waals surface area contributed by atoms with Crippen LogP contribution in [0.2, 0.25) is 0 Å². The third-order valence-electron chi connectivity index (χ3n) is 3.11. The number of anilines is 1. The number of carbonyl (C=O) groups is 1. The van der Waals surface area contributed by atoms with Gasteiger partial charge < -0.3 is 14.9 Å². The van der Waals surface area contributed by atoms with E-state index in [1.165, 1.54) is 0 Å². The maximum atomic E-state index is 12.1. The van der Waals surface area contributed by atoms with Crippen molar-refractivity contribution in [3.63, 3.8) is 0 Å². The Balaban J connectivity index is 2.83. The van der Waals surface area contributed by atoms with Gasteiger partial charge in [0.25, 0.3) is 0 Å². The number of aliphatic hydroxyl groups is 1. The molecule has 5 heteroatoms. The monoisotopic (exact) mass is 328 g/mol. The average Bonchev–Trinajstić information content (AvgIpc) is 2.39. The molecule has 0 aromatic heterocycles. The van der Waals surface area contributed by atoms with E-state index in [4.69, 9.17) is 0 Å². The molecule has 0 aliphatic carbocycles. The summed E-state index contributed by atoms with van der Waals surface area (Å²) in [5.74, 6) is 0.0966. The molecule has 0 unspecified atom stereocenters. The number of halogens is 1. The van der Waals surface area contributed by atoms with Gasteiger partial charge in [-0.1, -0.05) is 15.9 Å². The smallest absolute Gasteiger partial charge is 0.242 e. The van der Waals surface area contributed by atoms with Crippen LogP contribution in [0.1, 0.15) is 19.4 Å². The van der Waals surface area contributed by atoms with Gasteiger partial charge in [-0.2, -0.15) is 0 Å². The summed E-state index contributed by atoms with van der Waals surface area (Å²) in [7, 11) is 1.86. The standard InChI is InChI=1S/C14H21BrN2O2/c1-4-17(5-2)14(19)9-16(3)13-7-6-12(15)8-11(13)10-18/h6-8,18H,4-5,9-10H2,1-3H3. The molecule has 1 aromatic carbocycles. The van der Waals surface area contributed by atoms with Gasteiger partial charge in [0.1, 0.15) is 0 Å². The predicted molar refractivity (Wildman–Crippen MR) is 81.3 cm³/mol. The summed E-state index contributed by atoms with van der Waals surface area (Å²) >= 11 is 3.38. The molecule has 0 fully saturated rings. The van der Waals surface area contributed by atoms with Crippen LogP contribution in [0.3, 0.4) is 0 Å². The first-order valence-electron chi connectivity index (χ1n) is 6.41. The topological polar surface area (TPSA) is 43.8 Å². The van der Waals surface area contributed by atoms with Crippen molar-refractivity contribution in [2.24, 2.45) is 0 Å². The van der Waals surface area contributed by atoms with Gasteiger partial charge in [-0.15, -0.1) is 0 Å². The van der Waals surface area contributed by atoms with E-state index in [2.05, 4.69) is 15.9 Å². The van der Waals surface area contributed by atoms with Crippen molar-refractivity contribution in [2.75, 3.05) is 31.6 Å².